The second kappa shape index (κ2) is 7.35. The quantitative estimate of drug-likeness (QED) is 0.530. The van der Waals surface area contributed by atoms with E-state index in [4.69, 9.17) is 15.3 Å². The van der Waals surface area contributed by atoms with Gasteiger partial charge < -0.3 is 15.3 Å². The summed E-state index contributed by atoms with van der Waals surface area (Å²) in [4.78, 5) is 31.3. The molecule has 0 saturated carbocycles. The summed E-state index contributed by atoms with van der Waals surface area (Å²) in [5, 5.41) is 25.7. The molecule has 0 aromatic rings. The highest BCUT2D eigenvalue weighted by Gasteiger charge is 2.47. The van der Waals surface area contributed by atoms with Crippen molar-refractivity contribution in [2.45, 2.75) is 26.2 Å². The van der Waals surface area contributed by atoms with Crippen LogP contribution in [0.1, 0.15) is 26.2 Å². The Hall–Kier alpha value is -2.11. The molecule has 0 saturated heterocycles. The lowest BCUT2D eigenvalue weighted by Crippen LogP contribution is -2.42. The molecular weight excluding hydrogens is 252 g/mol. The maximum Gasteiger partial charge on any atom is 0.327 e. The molecule has 0 aromatic carbocycles. The molecule has 0 bridgehead atoms. The molecule has 1 rings (SSSR count). The molecule has 0 radical (unpaired) electrons. The summed E-state index contributed by atoms with van der Waals surface area (Å²) in [6.07, 6.45) is 5.50. The topological polar surface area (TPSA) is 112 Å². The van der Waals surface area contributed by atoms with Crippen molar-refractivity contribution in [2.24, 2.45) is 11.3 Å². The largest absolute Gasteiger partial charge is 0.481 e. The minimum atomic E-state index is -1.20. The van der Waals surface area contributed by atoms with Crippen molar-refractivity contribution in [3.63, 3.8) is 0 Å². The SMILES string of the molecule is C=CC(=O)O.CCC1(C(=O)O)C=CCCC1C(=O)O. The molecule has 6 nitrogen and oxygen atoms in total. The van der Waals surface area contributed by atoms with Crippen molar-refractivity contribution in [3.8, 4) is 0 Å². The van der Waals surface area contributed by atoms with Gasteiger partial charge in [-0.15, -0.1) is 0 Å². The van der Waals surface area contributed by atoms with E-state index in [0.717, 1.165) is 6.08 Å². The minimum Gasteiger partial charge on any atom is -0.481 e. The summed E-state index contributed by atoms with van der Waals surface area (Å²) in [7, 11) is 0. The molecule has 0 aliphatic heterocycles. The van der Waals surface area contributed by atoms with E-state index in [1.807, 2.05) is 0 Å². The van der Waals surface area contributed by atoms with Crippen molar-refractivity contribution in [2.75, 3.05) is 0 Å². The van der Waals surface area contributed by atoms with Crippen molar-refractivity contribution >= 4 is 17.9 Å². The number of rotatable bonds is 4. The fourth-order valence-corrected chi connectivity index (χ4v) is 2.01. The second-order valence-corrected chi connectivity index (χ2v) is 4.11. The van der Waals surface area contributed by atoms with Crippen molar-refractivity contribution in [3.05, 3.63) is 24.8 Å². The van der Waals surface area contributed by atoms with Crippen LogP contribution in [0, 0.1) is 11.3 Å². The van der Waals surface area contributed by atoms with E-state index in [0.29, 0.717) is 19.3 Å². The normalized spacial score (nSPS) is 24.8. The van der Waals surface area contributed by atoms with Gasteiger partial charge in [0.25, 0.3) is 0 Å². The highest BCUT2D eigenvalue weighted by molar-refractivity contribution is 5.85. The van der Waals surface area contributed by atoms with Crippen LogP contribution in [0.5, 0.6) is 0 Å². The fraction of sp³-hybridized carbons (Fsp3) is 0.462. The Bertz CT molecular complexity index is 398. The van der Waals surface area contributed by atoms with Crippen molar-refractivity contribution < 1.29 is 29.7 Å². The van der Waals surface area contributed by atoms with Crippen molar-refractivity contribution in [1.82, 2.24) is 0 Å². The Morgan fingerprint density at radius 1 is 1.37 bits per heavy atom. The van der Waals surface area contributed by atoms with Crippen LogP contribution in [0.15, 0.2) is 24.8 Å². The highest BCUT2D eigenvalue weighted by atomic mass is 16.4. The zero-order valence-electron chi connectivity index (χ0n) is 10.7. The lowest BCUT2D eigenvalue weighted by atomic mass is 9.68. The van der Waals surface area contributed by atoms with Gasteiger partial charge in [0, 0.05) is 6.08 Å². The van der Waals surface area contributed by atoms with Crippen LogP contribution in [0.2, 0.25) is 0 Å². The molecular formula is C13H18O6. The maximum atomic E-state index is 11.1. The molecule has 0 heterocycles. The van der Waals surface area contributed by atoms with Crippen LogP contribution in [0.3, 0.4) is 0 Å². The molecule has 1 aliphatic carbocycles. The van der Waals surface area contributed by atoms with Crippen LogP contribution >= 0.6 is 0 Å². The van der Waals surface area contributed by atoms with Gasteiger partial charge in [-0.25, -0.2) is 4.79 Å². The molecule has 2 atom stereocenters. The Balaban J connectivity index is 0.000000555. The summed E-state index contributed by atoms with van der Waals surface area (Å²) >= 11 is 0. The number of carboxylic acids is 3. The summed E-state index contributed by atoms with van der Waals surface area (Å²) in [5.74, 6) is -3.83. The maximum absolute atomic E-state index is 11.1. The fourth-order valence-electron chi connectivity index (χ4n) is 2.01. The highest BCUT2D eigenvalue weighted by Crippen LogP contribution is 2.40. The third-order valence-electron chi connectivity index (χ3n) is 3.12. The lowest BCUT2D eigenvalue weighted by Gasteiger charge is -2.33. The smallest absolute Gasteiger partial charge is 0.327 e. The molecule has 6 heteroatoms. The van der Waals surface area contributed by atoms with E-state index < -0.39 is 29.2 Å². The van der Waals surface area contributed by atoms with Crippen LogP contribution in [-0.2, 0) is 14.4 Å². The summed E-state index contributed by atoms with van der Waals surface area (Å²) in [5.41, 5.74) is -1.20. The molecule has 106 valence electrons. The van der Waals surface area contributed by atoms with Crippen LogP contribution in [0.25, 0.3) is 0 Å². The average Bonchev–Trinajstić information content (AvgIpc) is 2.38. The summed E-state index contributed by atoms with van der Waals surface area (Å²) in [6, 6.07) is 0. The third kappa shape index (κ3) is 4.24. The number of hydrogen-bond donors (Lipinski definition) is 3. The zero-order valence-corrected chi connectivity index (χ0v) is 10.7. The predicted octanol–water partition coefficient (Wildman–Crippen LogP) is 1.78. The second-order valence-electron chi connectivity index (χ2n) is 4.11. The van der Waals surface area contributed by atoms with E-state index in [-0.39, 0.29) is 0 Å². The third-order valence-corrected chi connectivity index (χ3v) is 3.12. The van der Waals surface area contributed by atoms with Gasteiger partial charge in [-0.1, -0.05) is 25.7 Å². The Morgan fingerprint density at radius 3 is 2.16 bits per heavy atom. The Kier molecular flexibility index (Phi) is 6.54. The first-order chi connectivity index (χ1) is 8.81. The van der Waals surface area contributed by atoms with Gasteiger partial charge in [-0.2, -0.15) is 0 Å². The molecule has 0 aromatic heterocycles. The molecule has 1 aliphatic rings. The van der Waals surface area contributed by atoms with E-state index >= 15 is 0 Å². The van der Waals surface area contributed by atoms with E-state index in [1.54, 1.807) is 13.0 Å². The van der Waals surface area contributed by atoms with Gasteiger partial charge in [-0.3, -0.25) is 9.59 Å². The molecule has 3 N–H and O–H groups in total. The predicted molar refractivity (Wildman–Crippen MR) is 67.7 cm³/mol. The monoisotopic (exact) mass is 270 g/mol. The molecule has 19 heavy (non-hydrogen) atoms. The van der Waals surface area contributed by atoms with Crippen LogP contribution in [0.4, 0.5) is 0 Å². The first kappa shape index (κ1) is 16.9. The summed E-state index contributed by atoms with van der Waals surface area (Å²) in [6.45, 7) is 4.67. The lowest BCUT2D eigenvalue weighted by molar-refractivity contribution is -0.160. The number of carboxylic acid groups (broad SMARTS) is 3. The van der Waals surface area contributed by atoms with E-state index in [1.165, 1.54) is 6.08 Å². The van der Waals surface area contributed by atoms with Gasteiger partial charge in [0.1, 0.15) is 0 Å². The first-order valence-corrected chi connectivity index (χ1v) is 5.81. The van der Waals surface area contributed by atoms with E-state index in [9.17, 15) is 14.4 Å². The van der Waals surface area contributed by atoms with Gasteiger partial charge in [0.2, 0.25) is 0 Å². The van der Waals surface area contributed by atoms with Crippen LogP contribution < -0.4 is 0 Å². The van der Waals surface area contributed by atoms with Gasteiger partial charge >= 0.3 is 17.9 Å². The summed E-state index contributed by atoms with van der Waals surface area (Å²) < 4.78 is 0. The standard InChI is InChI=1S/C10H14O4.C3H4O2/c1-2-10(9(13)14)6-4-3-5-7(10)8(11)12;1-2-3(4)5/h4,6-7H,2-3,5H2,1H3,(H,11,12)(H,13,14);2H,1H2,(H,4,5). The van der Waals surface area contributed by atoms with Crippen molar-refractivity contribution in [1.29, 1.82) is 0 Å². The number of hydrogen-bond acceptors (Lipinski definition) is 3. The van der Waals surface area contributed by atoms with Gasteiger partial charge in [-0.05, 0) is 19.3 Å². The average molecular weight is 270 g/mol. The van der Waals surface area contributed by atoms with Crippen LogP contribution in [-0.4, -0.2) is 33.2 Å². The molecule has 0 spiro atoms. The number of allylic oxidation sites excluding steroid dienone is 1. The molecule has 0 amide bonds. The zero-order chi connectivity index (χ0) is 15.1. The number of carbonyl (C=O) groups is 3. The first-order valence-electron chi connectivity index (χ1n) is 5.81. The Labute approximate surface area is 111 Å². The Morgan fingerprint density at radius 2 is 1.89 bits per heavy atom. The number of aliphatic carboxylic acids is 3. The van der Waals surface area contributed by atoms with E-state index in [2.05, 4.69) is 6.58 Å². The minimum absolute atomic E-state index is 0.315. The van der Waals surface area contributed by atoms with Gasteiger partial charge in [0.05, 0.1) is 11.3 Å². The molecule has 2 unspecified atom stereocenters. The molecule has 0 fully saturated rings. The van der Waals surface area contributed by atoms with Gasteiger partial charge in [0.15, 0.2) is 0 Å².